The minimum Gasteiger partial charge on any atom is -0.275 e. The Bertz CT molecular complexity index is 603. The first kappa shape index (κ1) is 14.9. The van der Waals surface area contributed by atoms with Gasteiger partial charge >= 0.3 is 0 Å². The van der Waals surface area contributed by atoms with Crippen molar-refractivity contribution in [2.75, 3.05) is 0 Å². The lowest BCUT2D eigenvalue weighted by Gasteiger charge is -2.28. The molecule has 116 valence electrons. The number of alkyl halides is 2. The molecule has 0 unspecified atom stereocenters. The Morgan fingerprint density at radius 1 is 1.00 bits per heavy atom. The fraction of sp³-hybridized carbons (Fsp3) is 0.529. The van der Waals surface area contributed by atoms with E-state index in [0.717, 1.165) is 12.0 Å². The van der Waals surface area contributed by atoms with E-state index in [4.69, 9.17) is 0 Å². The van der Waals surface area contributed by atoms with Crippen LogP contribution in [0.4, 0.5) is 0 Å². The summed E-state index contributed by atoms with van der Waals surface area (Å²) in [5.41, 5.74) is 1.02. The first-order valence-corrected chi connectivity index (χ1v) is 9.55. The second-order valence-corrected chi connectivity index (χ2v) is 8.75. The van der Waals surface area contributed by atoms with Crippen LogP contribution in [0.15, 0.2) is 30.3 Å². The van der Waals surface area contributed by atoms with Crippen molar-refractivity contribution in [3.63, 3.8) is 0 Å². The number of hydrogen-bond donors (Lipinski definition) is 0. The van der Waals surface area contributed by atoms with Crippen LogP contribution >= 0.6 is 31.9 Å². The third kappa shape index (κ3) is 1.84. The monoisotopic (exact) mass is 425 g/mol. The average Bonchev–Trinajstić information content (AvgIpc) is 3.13. The van der Waals surface area contributed by atoms with Crippen LogP contribution in [-0.4, -0.2) is 26.4 Å². The highest BCUT2D eigenvalue weighted by Crippen LogP contribution is 2.60. The standard InChI is InChI=1S/C17H17Br2NO2/c1-8(9-5-3-2-4-6-9)20-16(21)12-10-7-11(13(12)17(20)22)15(19)14(10)18/h2-6,8,10-15H,7H2,1H3/t8-,10+,11+,12-,13+,14-,15+/m1/s1. The van der Waals surface area contributed by atoms with Crippen molar-refractivity contribution in [3.05, 3.63) is 35.9 Å². The van der Waals surface area contributed by atoms with Crippen LogP contribution in [0, 0.1) is 23.7 Å². The molecule has 2 aliphatic carbocycles. The van der Waals surface area contributed by atoms with E-state index >= 15 is 0 Å². The number of nitrogens with zero attached hydrogens (tertiary/aromatic N) is 1. The largest absolute Gasteiger partial charge is 0.275 e. The lowest BCUT2D eigenvalue weighted by molar-refractivity contribution is -0.143. The van der Waals surface area contributed by atoms with Crippen molar-refractivity contribution < 1.29 is 9.59 Å². The second-order valence-electron chi connectivity index (χ2n) is 6.64. The molecule has 4 rings (SSSR count). The molecule has 3 fully saturated rings. The Morgan fingerprint density at radius 2 is 1.50 bits per heavy atom. The molecule has 1 heterocycles. The molecule has 0 N–H and O–H groups in total. The van der Waals surface area contributed by atoms with E-state index in [1.165, 1.54) is 4.90 Å². The van der Waals surface area contributed by atoms with Crippen LogP contribution in [0.25, 0.3) is 0 Å². The quantitative estimate of drug-likeness (QED) is 0.535. The lowest BCUT2D eigenvalue weighted by Crippen LogP contribution is -2.37. The van der Waals surface area contributed by atoms with E-state index in [0.29, 0.717) is 9.65 Å². The van der Waals surface area contributed by atoms with Gasteiger partial charge in [-0.15, -0.1) is 0 Å². The van der Waals surface area contributed by atoms with Crippen LogP contribution in [0.2, 0.25) is 0 Å². The second kappa shape index (κ2) is 5.17. The number of halogens is 2. The molecule has 1 aliphatic heterocycles. The van der Waals surface area contributed by atoms with E-state index in [-0.39, 0.29) is 41.5 Å². The SMILES string of the molecule is C[C@H](c1ccccc1)N1C(=O)[C@@H]2[C@@H]3C[C@H]([C@H](Br)[C@@H]3Br)[C@@H]2C1=O. The summed E-state index contributed by atoms with van der Waals surface area (Å²) in [6.07, 6.45) is 0.978. The number of rotatable bonds is 2. The molecular weight excluding hydrogens is 410 g/mol. The number of carbonyl (C=O) groups excluding carboxylic acids is 2. The minimum atomic E-state index is -0.186. The van der Waals surface area contributed by atoms with E-state index in [1.54, 1.807) is 0 Å². The molecule has 1 aromatic carbocycles. The Hall–Kier alpha value is -0.680. The highest BCUT2D eigenvalue weighted by molar-refractivity contribution is 9.12. The van der Waals surface area contributed by atoms with Gasteiger partial charge in [0.05, 0.1) is 17.9 Å². The van der Waals surface area contributed by atoms with Crippen molar-refractivity contribution in [1.82, 2.24) is 4.90 Å². The molecule has 7 atom stereocenters. The summed E-state index contributed by atoms with van der Waals surface area (Å²) in [6, 6.07) is 9.62. The zero-order valence-electron chi connectivity index (χ0n) is 12.2. The van der Waals surface area contributed by atoms with Crippen molar-refractivity contribution in [3.8, 4) is 0 Å². The summed E-state index contributed by atoms with van der Waals surface area (Å²) in [4.78, 5) is 28.0. The summed E-state index contributed by atoms with van der Waals surface area (Å²) in [6.45, 7) is 1.95. The Labute approximate surface area is 146 Å². The summed E-state index contributed by atoms with van der Waals surface area (Å²) >= 11 is 7.44. The minimum absolute atomic E-state index is 0.0303. The Balaban J connectivity index is 1.67. The van der Waals surface area contributed by atoms with Gasteiger partial charge in [-0.1, -0.05) is 62.2 Å². The molecule has 22 heavy (non-hydrogen) atoms. The molecule has 5 heteroatoms. The smallest absolute Gasteiger partial charge is 0.233 e. The molecule has 1 saturated heterocycles. The van der Waals surface area contributed by atoms with Gasteiger partial charge in [0, 0.05) is 9.65 Å². The number of carbonyl (C=O) groups is 2. The Morgan fingerprint density at radius 3 is 2.00 bits per heavy atom. The highest BCUT2D eigenvalue weighted by atomic mass is 79.9. The van der Waals surface area contributed by atoms with Crippen LogP contribution < -0.4 is 0 Å². The van der Waals surface area contributed by atoms with E-state index in [9.17, 15) is 9.59 Å². The molecule has 2 amide bonds. The summed E-state index contributed by atoms with van der Waals surface area (Å²) < 4.78 is 0. The maximum atomic E-state index is 12.9. The van der Waals surface area contributed by atoms with Crippen LogP contribution in [0.1, 0.15) is 24.9 Å². The van der Waals surface area contributed by atoms with E-state index in [2.05, 4.69) is 31.9 Å². The van der Waals surface area contributed by atoms with Gasteiger partial charge in [-0.2, -0.15) is 0 Å². The van der Waals surface area contributed by atoms with Crippen molar-refractivity contribution in [1.29, 1.82) is 0 Å². The summed E-state index contributed by atoms with van der Waals surface area (Å²) in [5.74, 6) is 0.377. The molecule has 0 spiro atoms. The number of hydrogen-bond acceptors (Lipinski definition) is 2. The van der Waals surface area contributed by atoms with Crippen LogP contribution in [0.5, 0.6) is 0 Å². The van der Waals surface area contributed by atoms with Gasteiger partial charge in [-0.05, 0) is 30.7 Å². The van der Waals surface area contributed by atoms with E-state index < -0.39 is 0 Å². The number of imide groups is 1. The third-order valence-electron chi connectivity index (χ3n) is 5.69. The topological polar surface area (TPSA) is 37.4 Å². The highest BCUT2D eigenvalue weighted by Gasteiger charge is 2.66. The van der Waals surface area contributed by atoms with Crippen molar-refractivity contribution >= 4 is 43.7 Å². The first-order valence-electron chi connectivity index (χ1n) is 7.72. The Kier molecular flexibility index (Phi) is 3.49. The fourth-order valence-electron chi connectivity index (χ4n) is 4.63. The van der Waals surface area contributed by atoms with Crippen LogP contribution in [0.3, 0.4) is 0 Å². The zero-order chi connectivity index (χ0) is 15.6. The average molecular weight is 427 g/mol. The maximum absolute atomic E-state index is 12.9. The molecule has 3 nitrogen and oxygen atoms in total. The molecule has 0 radical (unpaired) electrons. The van der Waals surface area contributed by atoms with Gasteiger partial charge < -0.3 is 0 Å². The lowest BCUT2D eigenvalue weighted by atomic mass is 9.81. The van der Waals surface area contributed by atoms with Gasteiger partial charge in [0.2, 0.25) is 11.8 Å². The molecular formula is C17H17Br2NO2. The maximum Gasteiger partial charge on any atom is 0.233 e. The van der Waals surface area contributed by atoms with Gasteiger partial charge in [0.1, 0.15) is 0 Å². The molecule has 2 bridgehead atoms. The predicted octanol–water partition coefficient (Wildman–Crippen LogP) is 3.53. The third-order valence-corrected chi connectivity index (χ3v) is 8.90. The van der Waals surface area contributed by atoms with Gasteiger partial charge in [0.25, 0.3) is 0 Å². The van der Waals surface area contributed by atoms with Crippen molar-refractivity contribution in [2.45, 2.75) is 29.0 Å². The number of fused-ring (bicyclic) bond motifs is 5. The predicted molar refractivity (Wildman–Crippen MR) is 90.7 cm³/mol. The van der Waals surface area contributed by atoms with Gasteiger partial charge in [0.15, 0.2) is 0 Å². The van der Waals surface area contributed by atoms with Crippen LogP contribution in [-0.2, 0) is 9.59 Å². The fourth-order valence-corrected chi connectivity index (χ4v) is 6.51. The normalized spacial score (nSPS) is 41.1. The first-order chi connectivity index (χ1) is 10.5. The van der Waals surface area contributed by atoms with Crippen molar-refractivity contribution in [2.24, 2.45) is 23.7 Å². The van der Waals surface area contributed by atoms with Gasteiger partial charge in [-0.25, -0.2) is 0 Å². The van der Waals surface area contributed by atoms with E-state index in [1.807, 2.05) is 37.3 Å². The molecule has 0 aromatic heterocycles. The number of likely N-dealkylation sites (tertiary alicyclic amines) is 1. The van der Waals surface area contributed by atoms with Gasteiger partial charge in [-0.3, -0.25) is 14.5 Å². The molecule has 1 aromatic rings. The zero-order valence-corrected chi connectivity index (χ0v) is 15.3. The molecule has 3 aliphatic rings. The number of amides is 2. The number of benzene rings is 1. The summed E-state index contributed by atoms with van der Waals surface area (Å²) in [5, 5.41) is 0. The summed E-state index contributed by atoms with van der Waals surface area (Å²) in [7, 11) is 0. The molecule has 2 saturated carbocycles.